The number of hydrogen-bond donors (Lipinski definition) is 0. The third-order valence-electron chi connectivity index (χ3n) is 6.05. The number of amides is 3. The SMILES string of the molecule is CO[C@@H]1[C@@H](CC(=O)CN2CN(Cc3ccccc3)CN(C)C2=O)n2c(Br)ccc2C(=O)N1OC. The molecule has 10 nitrogen and oxygen atoms in total. The van der Waals surface area contributed by atoms with E-state index in [1.54, 1.807) is 33.5 Å². The maximum Gasteiger partial charge on any atom is 0.322 e. The normalized spacial score (nSPS) is 21.2. The Balaban J connectivity index is 1.49. The Labute approximate surface area is 206 Å². The van der Waals surface area contributed by atoms with Crippen molar-refractivity contribution < 1.29 is 24.0 Å². The van der Waals surface area contributed by atoms with Crippen LogP contribution in [0.2, 0.25) is 0 Å². The molecule has 0 unspecified atom stereocenters. The Morgan fingerprint density at radius 2 is 1.82 bits per heavy atom. The van der Waals surface area contributed by atoms with Crippen LogP contribution < -0.4 is 0 Å². The lowest BCUT2D eigenvalue weighted by Gasteiger charge is -2.41. The molecule has 182 valence electrons. The molecule has 0 N–H and O–H groups in total. The van der Waals surface area contributed by atoms with Crippen molar-refractivity contribution in [3.63, 3.8) is 0 Å². The van der Waals surface area contributed by atoms with Gasteiger partial charge in [-0.1, -0.05) is 30.3 Å². The van der Waals surface area contributed by atoms with Gasteiger partial charge in [0.05, 0.1) is 37.6 Å². The van der Waals surface area contributed by atoms with E-state index in [0.717, 1.165) is 10.6 Å². The molecule has 0 bridgehead atoms. The summed E-state index contributed by atoms with van der Waals surface area (Å²) < 4.78 is 7.97. The highest BCUT2D eigenvalue weighted by molar-refractivity contribution is 9.10. The largest absolute Gasteiger partial charge is 0.357 e. The Morgan fingerprint density at radius 3 is 2.50 bits per heavy atom. The number of fused-ring (bicyclic) bond motifs is 1. The van der Waals surface area contributed by atoms with Gasteiger partial charge in [-0.15, -0.1) is 0 Å². The van der Waals surface area contributed by atoms with E-state index in [-0.39, 0.29) is 30.7 Å². The van der Waals surface area contributed by atoms with Crippen LogP contribution in [0.4, 0.5) is 4.79 Å². The second-order valence-electron chi connectivity index (χ2n) is 8.44. The van der Waals surface area contributed by atoms with Gasteiger partial charge in [-0.2, -0.15) is 5.06 Å². The molecule has 1 aromatic carbocycles. The minimum atomic E-state index is -0.799. The highest BCUT2D eigenvalue weighted by Gasteiger charge is 2.43. The smallest absolute Gasteiger partial charge is 0.322 e. The quantitative estimate of drug-likeness (QED) is 0.518. The predicted octanol–water partition coefficient (Wildman–Crippen LogP) is 2.53. The summed E-state index contributed by atoms with van der Waals surface area (Å²) in [7, 11) is 4.58. The van der Waals surface area contributed by atoms with Crippen LogP contribution in [0, 0.1) is 0 Å². The summed E-state index contributed by atoms with van der Waals surface area (Å²) in [6, 6.07) is 12.7. The molecule has 1 fully saturated rings. The maximum absolute atomic E-state index is 13.2. The second-order valence-corrected chi connectivity index (χ2v) is 9.25. The summed E-state index contributed by atoms with van der Waals surface area (Å²) >= 11 is 3.47. The number of rotatable bonds is 8. The van der Waals surface area contributed by atoms with Gasteiger partial charge in [0.2, 0.25) is 0 Å². The Kier molecular flexibility index (Phi) is 7.36. The molecule has 1 saturated heterocycles. The predicted molar refractivity (Wildman–Crippen MR) is 126 cm³/mol. The first-order chi connectivity index (χ1) is 16.3. The zero-order valence-electron chi connectivity index (χ0n) is 19.4. The molecule has 0 spiro atoms. The molecule has 4 rings (SSSR count). The third-order valence-corrected chi connectivity index (χ3v) is 6.70. The number of methoxy groups -OCH3 is 1. The third kappa shape index (κ3) is 4.74. The number of ether oxygens (including phenoxy) is 1. The highest BCUT2D eigenvalue weighted by atomic mass is 79.9. The van der Waals surface area contributed by atoms with Crippen LogP contribution in [-0.4, -0.2) is 89.4 Å². The van der Waals surface area contributed by atoms with Crippen LogP contribution in [0.25, 0.3) is 0 Å². The summed E-state index contributed by atoms with van der Waals surface area (Å²) in [5.74, 6) is -0.500. The van der Waals surface area contributed by atoms with E-state index < -0.39 is 12.3 Å². The van der Waals surface area contributed by atoms with E-state index in [0.29, 0.717) is 30.2 Å². The first-order valence-corrected chi connectivity index (χ1v) is 11.7. The molecular weight excluding hydrogens is 506 g/mol. The summed E-state index contributed by atoms with van der Waals surface area (Å²) in [5.41, 5.74) is 1.53. The van der Waals surface area contributed by atoms with E-state index >= 15 is 0 Å². The van der Waals surface area contributed by atoms with Crippen LogP contribution in [0.5, 0.6) is 0 Å². The monoisotopic (exact) mass is 533 g/mol. The molecule has 3 amide bonds. The molecule has 0 aliphatic carbocycles. The fourth-order valence-corrected chi connectivity index (χ4v) is 5.18. The maximum atomic E-state index is 13.2. The summed E-state index contributed by atoms with van der Waals surface area (Å²) in [5, 5.41) is 1.14. The lowest BCUT2D eigenvalue weighted by atomic mass is 10.0. The number of urea groups is 1. The van der Waals surface area contributed by atoms with Crippen molar-refractivity contribution in [2.45, 2.75) is 25.2 Å². The summed E-state index contributed by atoms with van der Waals surface area (Å²) in [4.78, 5) is 49.3. The van der Waals surface area contributed by atoms with Crippen LogP contribution in [-0.2, 0) is 20.9 Å². The number of aromatic nitrogens is 1. The number of hydrogen-bond acceptors (Lipinski definition) is 6. The van der Waals surface area contributed by atoms with Crippen LogP contribution in [0.3, 0.4) is 0 Å². The minimum absolute atomic E-state index is 0.0451. The summed E-state index contributed by atoms with van der Waals surface area (Å²) in [6.07, 6.45) is -0.745. The number of halogens is 1. The number of Topliss-reactive ketones (excluding diaryl/α,β-unsaturated/α-hetero) is 1. The molecule has 3 heterocycles. The molecule has 2 atom stereocenters. The molecular formula is C23H28BrN5O5. The fourth-order valence-electron chi connectivity index (χ4n) is 4.60. The topological polar surface area (TPSA) is 87.6 Å². The highest BCUT2D eigenvalue weighted by Crippen LogP contribution is 2.35. The van der Waals surface area contributed by atoms with Gasteiger partial charge in [0.25, 0.3) is 5.91 Å². The van der Waals surface area contributed by atoms with E-state index in [4.69, 9.17) is 9.57 Å². The van der Waals surface area contributed by atoms with Gasteiger partial charge in [-0.25, -0.2) is 4.79 Å². The fraction of sp³-hybridized carbons (Fsp3) is 0.435. The zero-order chi connectivity index (χ0) is 24.4. The number of benzene rings is 1. The van der Waals surface area contributed by atoms with Crippen molar-refractivity contribution in [3.8, 4) is 0 Å². The average molecular weight is 534 g/mol. The van der Waals surface area contributed by atoms with Gasteiger partial charge in [-0.05, 0) is 33.6 Å². The van der Waals surface area contributed by atoms with Crippen molar-refractivity contribution in [1.29, 1.82) is 0 Å². The minimum Gasteiger partial charge on any atom is -0.357 e. The molecule has 34 heavy (non-hydrogen) atoms. The van der Waals surface area contributed by atoms with Gasteiger partial charge in [0.15, 0.2) is 12.0 Å². The average Bonchev–Trinajstić information content (AvgIpc) is 3.21. The zero-order valence-corrected chi connectivity index (χ0v) is 21.0. The molecule has 1 aromatic heterocycles. The van der Waals surface area contributed by atoms with Crippen molar-refractivity contribution >= 4 is 33.7 Å². The van der Waals surface area contributed by atoms with Gasteiger partial charge in [0.1, 0.15) is 5.69 Å². The van der Waals surface area contributed by atoms with Gasteiger partial charge in [-0.3, -0.25) is 19.3 Å². The van der Waals surface area contributed by atoms with E-state index in [1.807, 2.05) is 30.3 Å². The lowest BCUT2D eigenvalue weighted by molar-refractivity contribution is -0.215. The lowest BCUT2D eigenvalue weighted by Crippen LogP contribution is -2.57. The molecule has 2 aromatic rings. The number of carbonyl (C=O) groups excluding carboxylic acids is 3. The standard InChI is InChI=1S/C23H28BrN5O5/c1-25-14-26(12-16-7-5-4-6-8-16)15-27(23(25)32)13-17(30)11-19-22(33-2)29(34-3)21(31)18-9-10-20(24)28(18)19/h4-10,19,22H,11-15H2,1-3H3/t19-,22-/m1/s1. The van der Waals surface area contributed by atoms with Crippen LogP contribution in [0.1, 0.15) is 28.5 Å². The summed E-state index contributed by atoms with van der Waals surface area (Å²) in [6.45, 7) is 1.46. The molecule has 0 radical (unpaired) electrons. The van der Waals surface area contributed by atoms with Crippen LogP contribution in [0.15, 0.2) is 47.1 Å². The number of nitrogens with zero attached hydrogens (tertiary/aromatic N) is 5. The first-order valence-electron chi connectivity index (χ1n) is 10.9. The second kappa shape index (κ2) is 10.3. The van der Waals surface area contributed by atoms with Crippen molar-refractivity contribution in [2.24, 2.45) is 0 Å². The number of hydroxylamine groups is 2. The Morgan fingerprint density at radius 1 is 1.09 bits per heavy atom. The number of carbonyl (C=O) groups is 3. The van der Waals surface area contributed by atoms with E-state index in [9.17, 15) is 14.4 Å². The molecule has 2 aliphatic rings. The van der Waals surface area contributed by atoms with E-state index in [2.05, 4.69) is 20.8 Å². The van der Waals surface area contributed by atoms with Gasteiger partial charge < -0.3 is 19.1 Å². The molecule has 2 aliphatic heterocycles. The van der Waals surface area contributed by atoms with Crippen molar-refractivity contribution in [3.05, 3.63) is 58.3 Å². The van der Waals surface area contributed by atoms with Crippen molar-refractivity contribution in [2.75, 3.05) is 41.1 Å². The number of ketones is 1. The Hall–Kier alpha value is -2.73. The first kappa shape index (κ1) is 24.4. The van der Waals surface area contributed by atoms with E-state index in [1.165, 1.54) is 14.2 Å². The van der Waals surface area contributed by atoms with Gasteiger partial charge >= 0.3 is 6.03 Å². The van der Waals surface area contributed by atoms with Crippen molar-refractivity contribution in [1.82, 2.24) is 24.3 Å². The van der Waals surface area contributed by atoms with Crippen LogP contribution >= 0.6 is 15.9 Å². The Bertz CT molecular complexity index is 1060. The molecule has 0 saturated carbocycles. The van der Waals surface area contributed by atoms with Gasteiger partial charge in [0, 0.05) is 27.1 Å². The molecule has 11 heteroatoms.